The number of benzene rings is 1. The number of furan rings is 1. The number of rotatable bonds is 6. The number of carboxylic acid groups (broad SMARTS) is 1. The van der Waals surface area contributed by atoms with Crippen molar-refractivity contribution in [3.8, 4) is 5.75 Å². The topological polar surface area (TPSA) is 68.9 Å². The van der Waals surface area contributed by atoms with E-state index in [2.05, 4.69) is 0 Å². The monoisotopic (exact) mass is 262 g/mol. The van der Waals surface area contributed by atoms with Crippen LogP contribution in [0.15, 0.2) is 40.8 Å². The van der Waals surface area contributed by atoms with E-state index in [9.17, 15) is 4.79 Å². The third kappa shape index (κ3) is 3.59. The van der Waals surface area contributed by atoms with Crippen LogP contribution in [0.4, 0.5) is 0 Å². The van der Waals surface area contributed by atoms with Crippen molar-refractivity contribution in [2.45, 2.75) is 13.2 Å². The van der Waals surface area contributed by atoms with Crippen molar-refractivity contribution in [3.63, 3.8) is 0 Å². The van der Waals surface area contributed by atoms with Crippen molar-refractivity contribution in [2.75, 3.05) is 7.11 Å². The molecule has 0 fully saturated rings. The highest BCUT2D eigenvalue weighted by atomic mass is 16.5. The molecule has 100 valence electrons. The lowest BCUT2D eigenvalue weighted by atomic mass is 10.2. The predicted molar refractivity (Wildman–Crippen MR) is 67.2 cm³/mol. The van der Waals surface area contributed by atoms with Gasteiger partial charge in [-0.15, -0.1) is 0 Å². The van der Waals surface area contributed by atoms with Crippen LogP contribution in [-0.2, 0) is 18.0 Å². The van der Waals surface area contributed by atoms with Gasteiger partial charge in [0.25, 0.3) is 0 Å². The summed E-state index contributed by atoms with van der Waals surface area (Å²) in [7, 11) is 1.64. The summed E-state index contributed by atoms with van der Waals surface area (Å²) in [4.78, 5) is 10.6. The highest BCUT2D eigenvalue weighted by Crippen LogP contribution is 2.16. The number of carbonyl (C=O) groups is 1. The average Bonchev–Trinajstić information content (AvgIpc) is 2.87. The van der Waals surface area contributed by atoms with Gasteiger partial charge < -0.3 is 19.0 Å². The van der Waals surface area contributed by atoms with Crippen molar-refractivity contribution in [2.24, 2.45) is 0 Å². The first-order valence-electron chi connectivity index (χ1n) is 5.71. The molecule has 0 aliphatic carbocycles. The van der Waals surface area contributed by atoms with Gasteiger partial charge in [0.15, 0.2) is 0 Å². The second kappa shape index (κ2) is 6.06. The Morgan fingerprint density at radius 1 is 1.16 bits per heavy atom. The van der Waals surface area contributed by atoms with E-state index in [1.54, 1.807) is 13.2 Å². The molecule has 0 saturated heterocycles. The zero-order chi connectivity index (χ0) is 13.7. The Labute approximate surface area is 110 Å². The number of ether oxygens (including phenoxy) is 2. The van der Waals surface area contributed by atoms with Crippen LogP contribution >= 0.6 is 0 Å². The van der Waals surface area contributed by atoms with Gasteiger partial charge in [-0.3, -0.25) is 0 Å². The van der Waals surface area contributed by atoms with Crippen molar-refractivity contribution in [1.82, 2.24) is 0 Å². The van der Waals surface area contributed by atoms with Gasteiger partial charge in [-0.25, -0.2) is 4.79 Å². The van der Waals surface area contributed by atoms with Gasteiger partial charge in [-0.1, -0.05) is 12.1 Å². The van der Waals surface area contributed by atoms with E-state index in [0.29, 0.717) is 18.1 Å². The van der Waals surface area contributed by atoms with Gasteiger partial charge in [-0.05, 0) is 29.8 Å². The SMILES string of the molecule is COCc1ccc(OCc2ccc(C(=O)O)o2)cc1. The summed E-state index contributed by atoms with van der Waals surface area (Å²) in [5.74, 6) is -0.0179. The molecule has 0 atom stereocenters. The molecule has 0 aliphatic rings. The zero-order valence-electron chi connectivity index (χ0n) is 10.5. The summed E-state index contributed by atoms with van der Waals surface area (Å²) in [6.07, 6.45) is 0. The second-order valence-corrected chi connectivity index (χ2v) is 3.94. The summed E-state index contributed by atoms with van der Waals surface area (Å²) in [6, 6.07) is 10.5. The van der Waals surface area contributed by atoms with Crippen LogP contribution in [0, 0.1) is 0 Å². The quantitative estimate of drug-likeness (QED) is 0.866. The van der Waals surface area contributed by atoms with Crippen molar-refractivity contribution < 1.29 is 23.8 Å². The van der Waals surface area contributed by atoms with E-state index < -0.39 is 5.97 Å². The smallest absolute Gasteiger partial charge is 0.371 e. The first-order valence-corrected chi connectivity index (χ1v) is 5.71. The number of methoxy groups -OCH3 is 1. The Balaban J connectivity index is 1.92. The van der Waals surface area contributed by atoms with Crippen LogP contribution in [-0.4, -0.2) is 18.2 Å². The fourth-order valence-electron chi connectivity index (χ4n) is 1.57. The van der Waals surface area contributed by atoms with Crippen LogP contribution in [0.5, 0.6) is 5.75 Å². The molecule has 0 bridgehead atoms. The van der Waals surface area contributed by atoms with E-state index in [-0.39, 0.29) is 12.4 Å². The predicted octanol–water partition coefficient (Wildman–Crippen LogP) is 2.70. The molecule has 0 amide bonds. The molecular weight excluding hydrogens is 248 g/mol. The summed E-state index contributed by atoms with van der Waals surface area (Å²) < 4.78 is 15.6. The molecule has 19 heavy (non-hydrogen) atoms. The molecule has 1 N–H and O–H groups in total. The maximum Gasteiger partial charge on any atom is 0.371 e. The molecule has 0 aliphatic heterocycles. The lowest BCUT2D eigenvalue weighted by molar-refractivity contribution is 0.0658. The van der Waals surface area contributed by atoms with Gasteiger partial charge in [0.05, 0.1) is 6.61 Å². The molecule has 2 rings (SSSR count). The van der Waals surface area contributed by atoms with E-state index in [4.69, 9.17) is 19.0 Å². The van der Waals surface area contributed by atoms with Crippen LogP contribution in [0.1, 0.15) is 21.9 Å². The first-order chi connectivity index (χ1) is 9.19. The third-order valence-electron chi connectivity index (χ3n) is 2.49. The van der Waals surface area contributed by atoms with Gasteiger partial charge in [0, 0.05) is 7.11 Å². The van der Waals surface area contributed by atoms with E-state index >= 15 is 0 Å². The molecule has 0 saturated carbocycles. The van der Waals surface area contributed by atoms with Crippen molar-refractivity contribution in [1.29, 1.82) is 0 Å². The standard InChI is InChI=1S/C14H14O5/c1-17-8-10-2-4-11(5-3-10)18-9-12-6-7-13(19-12)14(15)16/h2-7H,8-9H2,1H3,(H,15,16). The number of hydrogen-bond acceptors (Lipinski definition) is 4. The third-order valence-corrected chi connectivity index (χ3v) is 2.49. The lowest BCUT2D eigenvalue weighted by Crippen LogP contribution is -1.95. The zero-order valence-corrected chi connectivity index (χ0v) is 10.5. The minimum Gasteiger partial charge on any atom is -0.486 e. The Morgan fingerprint density at radius 2 is 1.89 bits per heavy atom. The van der Waals surface area contributed by atoms with E-state index in [1.165, 1.54) is 6.07 Å². The molecule has 0 radical (unpaired) electrons. The fraction of sp³-hybridized carbons (Fsp3) is 0.214. The molecular formula is C14H14O5. The van der Waals surface area contributed by atoms with E-state index in [0.717, 1.165) is 5.56 Å². The summed E-state index contributed by atoms with van der Waals surface area (Å²) in [6.45, 7) is 0.747. The Bertz CT molecular complexity index is 541. The van der Waals surface area contributed by atoms with Crippen LogP contribution in [0.3, 0.4) is 0 Å². The van der Waals surface area contributed by atoms with Crippen LogP contribution in [0.25, 0.3) is 0 Å². The van der Waals surface area contributed by atoms with Crippen LogP contribution in [0.2, 0.25) is 0 Å². The highest BCUT2D eigenvalue weighted by molar-refractivity contribution is 5.84. The normalized spacial score (nSPS) is 10.4. The number of hydrogen-bond donors (Lipinski definition) is 1. The largest absolute Gasteiger partial charge is 0.486 e. The van der Waals surface area contributed by atoms with Crippen molar-refractivity contribution >= 4 is 5.97 Å². The van der Waals surface area contributed by atoms with Gasteiger partial charge in [-0.2, -0.15) is 0 Å². The highest BCUT2D eigenvalue weighted by Gasteiger charge is 2.09. The minimum atomic E-state index is -1.09. The average molecular weight is 262 g/mol. The van der Waals surface area contributed by atoms with Crippen LogP contribution < -0.4 is 4.74 Å². The molecule has 1 heterocycles. The van der Waals surface area contributed by atoms with Gasteiger partial charge >= 0.3 is 5.97 Å². The lowest BCUT2D eigenvalue weighted by Gasteiger charge is -2.05. The summed E-state index contributed by atoms with van der Waals surface area (Å²) >= 11 is 0. The minimum absolute atomic E-state index is 0.0888. The molecule has 0 unspecified atom stereocenters. The van der Waals surface area contributed by atoms with Gasteiger partial charge in [0.2, 0.25) is 5.76 Å². The maximum absolute atomic E-state index is 10.6. The van der Waals surface area contributed by atoms with Gasteiger partial charge in [0.1, 0.15) is 18.1 Å². The van der Waals surface area contributed by atoms with E-state index in [1.807, 2.05) is 24.3 Å². The molecule has 5 heteroatoms. The molecule has 0 spiro atoms. The maximum atomic E-state index is 10.6. The Hall–Kier alpha value is -2.27. The molecule has 1 aromatic carbocycles. The molecule has 5 nitrogen and oxygen atoms in total. The molecule has 2 aromatic rings. The first kappa shape index (κ1) is 13.2. The summed E-state index contributed by atoms with van der Waals surface area (Å²) in [5.41, 5.74) is 1.06. The van der Waals surface area contributed by atoms with Crippen molar-refractivity contribution in [3.05, 3.63) is 53.5 Å². The molecule has 1 aromatic heterocycles. The summed E-state index contributed by atoms with van der Waals surface area (Å²) in [5, 5.41) is 8.72. The number of carboxylic acids is 1. The second-order valence-electron chi connectivity index (χ2n) is 3.94. The number of aromatic carboxylic acids is 1. The Morgan fingerprint density at radius 3 is 2.47 bits per heavy atom. The fourth-order valence-corrected chi connectivity index (χ4v) is 1.57. The Kier molecular flexibility index (Phi) is 4.20.